The number of rotatable bonds is 1. The largest absolute Gasteiger partial charge is 0.431 e. The molecule has 0 fully saturated rings. The van der Waals surface area contributed by atoms with Crippen LogP contribution in [0.5, 0.6) is 0 Å². The third kappa shape index (κ3) is 1.92. The highest BCUT2D eigenvalue weighted by molar-refractivity contribution is 5.87. The number of H-pyrrole nitrogens is 1. The minimum absolute atomic E-state index is 0.130. The summed E-state index contributed by atoms with van der Waals surface area (Å²) in [6.45, 7) is 0. The first-order valence-corrected chi connectivity index (χ1v) is 5.35. The Bertz CT molecular complexity index is 742. The molecule has 4 nitrogen and oxygen atoms in total. The van der Waals surface area contributed by atoms with Gasteiger partial charge in [0.15, 0.2) is 0 Å². The van der Waals surface area contributed by atoms with Gasteiger partial charge in [-0.2, -0.15) is 13.2 Å². The van der Waals surface area contributed by atoms with Gasteiger partial charge >= 0.3 is 6.18 Å². The van der Waals surface area contributed by atoms with E-state index in [-0.39, 0.29) is 5.88 Å². The standard InChI is InChI=1S/C12H8F3N3O/c13-12(14,15)10-4-7-3-6(1-2-9(7)18-10)8-5-17-19-11(8)16/h1-5,18H,16H2. The molecule has 0 amide bonds. The van der Waals surface area contributed by atoms with Gasteiger partial charge in [0.2, 0.25) is 5.88 Å². The highest BCUT2D eigenvalue weighted by atomic mass is 19.4. The van der Waals surface area contributed by atoms with Crippen molar-refractivity contribution < 1.29 is 17.7 Å². The molecule has 7 heteroatoms. The molecule has 0 radical (unpaired) electrons. The van der Waals surface area contributed by atoms with Crippen LogP contribution in [0.25, 0.3) is 22.0 Å². The van der Waals surface area contributed by atoms with Gasteiger partial charge in [-0.3, -0.25) is 0 Å². The summed E-state index contributed by atoms with van der Waals surface area (Å²) in [6, 6.07) is 5.88. The van der Waals surface area contributed by atoms with E-state index in [9.17, 15) is 13.2 Å². The summed E-state index contributed by atoms with van der Waals surface area (Å²) in [5.74, 6) is 0.130. The zero-order chi connectivity index (χ0) is 13.6. The lowest BCUT2D eigenvalue weighted by atomic mass is 10.1. The Morgan fingerprint density at radius 3 is 2.63 bits per heavy atom. The number of benzene rings is 1. The average Bonchev–Trinajstić information content (AvgIpc) is 2.92. The van der Waals surface area contributed by atoms with Crippen molar-refractivity contribution >= 4 is 16.8 Å². The maximum Gasteiger partial charge on any atom is 0.431 e. The minimum Gasteiger partial charge on any atom is -0.367 e. The van der Waals surface area contributed by atoms with Gasteiger partial charge in [-0.05, 0) is 23.8 Å². The quantitative estimate of drug-likeness (QED) is 0.709. The Hall–Kier alpha value is -2.44. The van der Waals surface area contributed by atoms with E-state index in [0.717, 1.165) is 6.07 Å². The molecule has 2 aromatic heterocycles. The van der Waals surface area contributed by atoms with Crippen LogP contribution in [-0.2, 0) is 6.18 Å². The summed E-state index contributed by atoms with van der Waals surface area (Å²) in [4.78, 5) is 2.33. The molecule has 0 saturated heterocycles. The molecule has 98 valence electrons. The second-order valence-electron chi connectivity index (χ2n) is 4.09. The molecule has 0 aliphatic heterocycles. The second-order valence-corrected chi connectivity index (χ2v) is 4.09. The Morgan fingerprint density at radius 1 is 1.21 bits per heavy atom. The topological polar surface area (TPSA) is 67.8 Å². The molecular weight excluding hydrogens is 259 g/mol. The number of hydrogen-bond donors (Lipinski definition) is 2. The monoisotopic (exact) mass is 267 g/mol. The molecule has 0 atom stereocenters. The summed E-state index contributed by atoms with van der Waals surface area (Å²) in [7, 11) is 0. The van der Waals surface area contributed by atoms with E-state index in [4.69, 9.17) is 10.3 Å². The molecule has 0 aliphatic carbocycles. The first-order chi connectivity index (χ1) is 8.95. The SMILES string of the molecule is Nc1oncc1-c1ccc2[nH]c(C(F)(F)F)cc2c1. The van der Waals surface area contributed by atoms with Gasteiger partial charge in [0.05, 0.1) is 11.8 Å². The highest BCUT2D eigenvalue weighted by Gasteiger charge is 2.32. The molecule has 0 bridgehead atoms. The van der Waals surface area contributed by atoms with Crippen LogP contribution in [0, 0.1) is 0 Å². The van der Waals surface area contributed by atoms with Gasteiger partial charge in [0.25, 0.3) is 0 Å². The summed E-state index contributed by atoms with van der Waals surface area (Å²) in [5.41, 5.74) is 6.41. The van der Waals surface area contributed by atoms with Gasteiger partial charge in [0.1, 0.15) is 5.69 Å². The number of nitrogens with one attached hydrogen (secondary N) is 1. The fraction of sp³-hybridized carbons (Fsp3) is 0.0833. The number of hydrogen-bond acceptors (Lipinski definition) is 3. The van der Waals surface area contributed by atoms with Gasteiger partial charge in [-0.25, -0.2) is 0 Å². The van der Waals surface area contributed by atoms with Crippen LogP contribution in [0.2, 0.25) is 0 Å². The zero-order valence-electron chi connectivity index (χ0n) is 9.45. The lowest BCUT2D eigenvalue weighted by Gasteiger charge is -2.00. The van der Waals surface area contributed by atoms with E-state index in [0.29, 0.717) is 22.0 Å². The van der Waals surface area contributed by atoms with Crippen LogP contribution in [0.1, 0.15) is 5.69 Å². The number of alkyl halides is 3. The Balaban J connectivity index is 2.14. The molecule has 3 N–H and O–H groups in total. The second kappa shape index (κ2) is 3.78. The normalized spacial score (nSPS) is 12.2. The van der Waals surface area contributed by atoms with E-state index in [1.165, 1.54) is 6.20 Å². The van der Waals surface area contributed by atoms with Crippen LogP contribution < -0.4 is 5.73 Å². The molecule has 1 aromatic carbocycles. The first kappa shape index (κ1) is 11.6. The molecule has 2 heterocycles. The van der Waals surface area contributed by atoms with E-state index in [1.54, 1.807) is 18.2 Å². The predicted octanol–water partition coefficient (Wildman–Crippen LogP) is 3.42. The summed E-state index contributed by atoms with van der Waals surface area (Å²) >= 11 is 0. The maximum atomic E-state index is 12.6. The molecule has 3 aromatic rings. The number of aromatic nitrogens is 2. The van der Waals surface area contributed by atoms with Crippen molar-refractivity contribution in [2.75, 3.05) is 5.73 Å². The van der Waals surface area contributed by atoms with Gasteiger partial charge in [-0.1, -0.05) is 11.2 Å². The van der Waals surface area contributed by atoms with E-state index in [1.807, 2.05) is 0 Å². The van der Waals surface area contributed by atoms with Crippen LogP contribution in [-0.4, -0.2) is 10.1 Å². The number of halogens is 3. The number of fused-ring (bicyclic) bond motifs is 1. The minimum atomic E-state index is -4.39. The highest BCUT2D eigenvalue weighted by Crippen LogP contribution is 2.33. The fourth-order valence-corrected chi connectivity index (χ4v) is 1.92. The lowest BCUT2D eigenvalue weighted by Crippen LogP contribution is -2.04. The number of anilines is 1. The van der Waals surface area contributed by atoms with Crippen molar-refractivity contribution in [2.24, 2.45) is 0 Å². The van der Waals surface area contributed by atoms with Crippen LogP contribution in [0.15, 0.2) is 35.0 Å². The molecular formula is C12H8F3N3O. The number of nitrogens with zero attached hydrogens (tertiary/aromatic N) is 1. The number of aromatic amines is 1. The van der Waals surface area contributed by atoms with E-state index < -0.39 is 11.9 Å². The van der Waals surface area contributed by atoms with Crippen molar-refractivity contribution in [3.63, 3.8) is 0 Å². The Labute approximate surface area is 105 Å². The maximum absolute atomic E-state index is 12.6. The molecule has 19 heavy (non-hydrogen) atoms. The molecule has 0 aliphatic rings. The number of nitrogens with two attached hydrogens (primary N) is 1. The van der Waals surface area contributed by atoms with E-state index in [2.05, 4.69) is 10.1 Å². The van der Waals surface area contributed by atoms with Crippen LogP contribution >= 0.6 is 0 Å². The van der Waals surface area contributed by atoms with Gasteiger partial charge < -0.3 is 15.2 Å². The third-order valence-corrected chi connectivity index (χ3v) is 2.84. The van der Waals surface area contributed by atoms with Crippen molar-refractivity contribution in [2.45, 2.75) is 6.18 Å². The van der Waals surface area contributed by atoms with E-state index >= 15 is 0 Å². The number of nitrogen functional groups attached to an aromatic ring is 1. The van der Waals surface area contributed by atoms with Crippen molar-refractivity contribution in [3.05, 3.63) is 36.2 Å². The van der Waals surface area contributed by atoms with Gasteiger partial charge in [-0.15, -0.1) is 0 Å². The van der Waals surface area contributed by atoms with Crippen molar-refractivity contribution in [1.29, 1.82) is 0 Å². The average molecular weight is 267 g/mol. The summed E-state index contributed by atoms with van der Waals surface area (Å²) in [5, 5.41) is 3.98. The lowest BCUT2D eigenvalue weighted by molar-refractivity contribution is -0.140. The molecule has 0 unspecified atom stereocenters. The summed E-state index contributed by atoms with van der Waals surface area (Å²) in [6.07, 6.45) is -2.97. The molecule has 3 rings (SSSR count). The first-order valence-electron chi connectivity index (χ1n) is 5.35. The zero-order valence-corrected chi connectivity index (χ0v) is 9.45. The molecule has 0 saturated carbocycles. The van der Waals surface area contributed by atoms with Crippen molar-refractivity contribution in [3.8, 4) is 11.1 Å². The molecule has 0 spiro atoms. The predicted molar refractivity (Wildman–Crippen MR) is 63.2 cm³/mol. The Morgan fingerprint density at radius 2 is 2.00 bits per heavy atom. The van der Waals surface area contributed by atoms with Crippen LogP contribution in [0.3, 0.4) is 0 Å². The third-order valence-electron chi connectivity index (χ3n) is 2.84. The summed E-state index contributed by atoms with van der Waals surface area (Å²) < 4.78 is 42.5. The Kier molecular flexibility index (Phi) is 2.31. The van der Waals surface area contributed by atoms with Gasteiger partial charge in [0, 0.05) is 10.9 Å². The van der Waals surface area contributed by atoms with Crippen LogP contribution in [0.4, 0.5) is 19.1 Å². The fourth-order valence-electron chi connectivity index (χ4n) is 1.92. The van der Waals surface area contributed by atoms with Crippen molar-refractivity contribution in [1.82, 2.24) is 10.1 Å². The smallest absolute Gasteiger partial charge is 0.367 e.